The van der Waals surface area contributed by atoms with Gasteiger partial charge in [0.2, 0.25) is 0 Å². The minimum Gasteiger partial charge on any atom is -0.372 e. The Kier molecular flexibility index (Phi) is 3.70. The molecule has 0 aromatic carbocycles. The van der Waals surface area contributed by atoms with Crippen LogP contribution in [0.3, 0.4) is 0 Å². The van der Waals surface area contributed by atoms with Gasteiger partial charge in [-0.05, 0) is 11.4 Å². The molecule has 2 saturated heterocycles. The molecule has 2 aliphatic heterocycles. The molecule has 0 N–H and O–H groups in total. The van der Waals surface area contributed by atoms with E-state index in [1.807, 2.05) is 0 Å². The summed E-state index contributed by atoms with van der Waals surface area (Å²) in [5.74, 6) is 0.0542. The monoisotopic (exact) mass is 334 g/mol. The van der Waals surface area contributed by atoms with Crippen LogP contribution in [-0.2, 0) is 4.74 Å². The molecule has 2 aliphatic rings. The minimum atomic E-state index is -0.457. The zero-order chi connectivity index (χ0) is 15.8. The van der Waals surface area contributed by atoms with Crippen LogP contribution in [-0.4, -0.2) is 59.2 Å². The van der Waals surface area contributed by atoms with Gasteiger partial charge in [0.15, 0.2) is 0 Å². The van der Waals surface area contributed by atoms with Gasteiger partial charge in [-0.2, -0.15) is 0 Å². The average Bonchev–Trinajstić information content (AvgIpc) is 3.20. The summed E-state index contributed by atoms with van der Waals surface area (Å²) in [7, 11) is 0. The van der Waals surface area contributed by atoms with E-state index >= 15 is 0 Å². The van der Waals surface area contributed by atoms with E-state index in [-0.39, 0.29) is 22.9 Å². The number of thiophene rings is 1. The molecule has 2 atom stereocenters. The Balaban J connectivity index is 1.55. The summed E-state index contributed by atoms with van der Waals surface area (Å²) in [6.07, 6.45) is 4.91. The largest absolute Gasteiger partial charge is 0.372 e. The van der Waals surface area contributed by atoms with Crippen molar-refractivity contribution in [3.05, 3.63) is 40.7 Å². The van der Waals surface area contributed by atoms with Crippen molar-refractivity contribution in [3.8, 4) is 0 Å². The summed E-state index contributed by atoms with van der Waals surface area (Å²) in [5, 5.41) is 1.59. The number of aromatic nitrogens is 2. The van der Waals surface area contributed by atoms with E-state index < -0.39 is 5.82 Å². The van der Waals surface area contributed by atoms with Crippen LogP contribution in [0.1, 0.15) is 9.67 Å². The summed E-state index contributed by atoms with van der Waals surface area (Å²) >= 11 is 1.13. The predicted molar refractivity (Wildman–Crippen MR) is 83.1 cm³/mol. The van der Waals surface area contributed by atoms with E-state index in [9.17, 15) is 9.18 Å². The van der Waals surface area contributed by atoms with Gasteiger partial charge >= 0.3 is 0 Å². The highest BCUT2D eigenvalue weighted by molar-refractivity contribution is 7.12. The number of nitrogens with zero attached hydrogens (tertiary/aromatic N) is 4. The van der Waals surface area contributed by atoms with Crippen molar-refractivity contribution in [3.63, 3.8) is 0 Å². The standard InChI is InChI=1S/C15H15FN4O2S/c16-10-1-6-23-14(10)15(21)19-8-11-12(9-19)22-5-4-20(11)13-7-17-2-3-18-13/h1-3,6-7,11-12H,4-5,8-9H2/t11-,12-/m0/s1. The first kappa shape index (κ1) is 14.5. The molecule has 120 valence electrons. The second-order valence-electron chi connectivity index (χ2n) is 5.54. The molecule has 1 amide bonds. The number of carbonyl (C=O) groups is 1. The topological polar surface area (TPSA) is 58.6 Å². The van der Waals surface area contributed by atoms with Gasteiger partial charge in [0, 0.05) is 32.0 Å². The van der Waals surface area contributed by atoms with E-state index in [0.717, 1.165) is 17.2 Å². The lowest BCUT2D eigenvalue weighted by Crippen LogP contribution is -2.51. The molecule has 4 rings (SSSR count). The number of fused-ring (bicyclic) bond motifs is 1. The highest BCUT2D eigenvalue weighted by atomic mass is 32.1. The summed E-state index contributed by atoms with van der Waals surface area (Å²) in [4.78, 5) is 24.9. The molecule has 0 spiro atoms. The Morgan fingerprint density at radius 3 is 3.04 bits per heavy atom. The van der Waals surface area contributed by atoms with Crippen LogP contribution in [0, 0.1) is 5.82 Å². The molecule has 2 aromatic heterocycles. The van der Waals surface area contributed by atoms with E-state index in [0.29, 0.717) is 26.2 Å². The predicted octanol–water partition coefficient (Wildman–Crippen LogP) is 1.41. The van der Waals surface area contributed by atoms with Crippen molar-refractivity contribution in [1.82, 2.24) is 14.9 Å². The van der Waals surface area contributed by atoms with Crippen LogP contribution < -0.4 is 4.90 Å². The molecule has 6 nitrogen and oxygen atoms in total. The first-order valence-corrected chi connectivity index (χ1v) is 8.28. The van der Waals surface area contributed by atoms with Crippen molar-refractivity contribution in [2.45, 2.75) is 12.1 Å². The maximum atomic E-state index is 13.7. The average molecular weight is 334 g/mol. The van der Waals surface area contributed by atoms with E-state index in [2.05, 4.69) is 14.9 Å². The Bertz CT molecular complexity index is 711. The van der Waals surface area contributed by atoms with Gasteiger partial charge < -0.3 is 14.5 Å². The first-order valence-electron chi connectivity index (χ1n) is 7.40. The van der Waals surface area contributed by atoms with Crippen LogP contribution in [0.4, 0.5) is 10.2 Å². The lowest BCUT2D eigenvalue weighted by Gasteiger charge is -2.37. The van der Waals surface area contributed by atoms with Crippen LogP contribution in [0.15, 0.2) is 30.0 Å². The Labute approximate surface area is 136 Å². The van der Waals surface area contributed by atoms with Gasteiger partial charge in [-0.3, -0.25) is 9.78 Å². The number of amides is 1. The molecule has 0 unspecified atom stereocenters. The quantitative estimate of drug-likeness (QED) is 0.831. The lowest BCUT2D eigenvalue weighted by molar-refractivity contribution is 0.0299. The van der Waals surface area contributed by atoms with Gasteiger partial charge in [-0.1, -0.05) is 0 Å². The summed E-state index contributed by atoms with van der Waals surface area (Å²) in [6, 6.07) is 1.34. The minimum absolute atomic E-state index is 0.0208. The summed E-state index contributed by atoms with van der Waals surface area (Å²) < 4.78 is 19.5. The highest BCUT2D eigenvalue weighted by Gasteiger charge is 2.43. The van der Waals surface area contributed by atoms with Gasteiger partial charge in [-0.25, -0.2) is 9.37 Å². The first-order chi connectivity index (χ1) is 11.2. The fraction of sp³-hybridized carbons (Fsp3) is 0.400. The maximum Gasteiger partial charge on any atom is 0.267 e. The van der Waals surface area contributed by atoms with Gasteiger partial charge in [-0.15, -0.1) is 11.3 Å². The number of likely N-dealkylation sites (tertiary alicyclic amines) is 1. The van der Waals surface area contributed by atoms with E-state index in [1.165, 1.54) is 6.07 Å². The number of halogens is 1. The number of rotatable bonds is 2. The second kappa shape index (κ2) is 5.86. The highest BCUT2D eigenvalue weighted by Crippen LogP contribution is 2.28. The molecule has 0 bridgehead atoms. The zero-order valence-electron chi connectivity index (χ0n) is 12.3. The Hall–Kier alpha value is -2.06. The molecular weight excluding hydrogens is 319 g/mol. The summed E-state index contributed by atoms with van der Waals surface area (Å²) in [6.45, 7) is 2.25. The molecule has 0 aliphatic carbocycles. The number of morpholine rings is 1. The molecule has 23 heavy (non-hydrogen) atoms. The van der Waals surface area contributed by atoms with Crippen LogP contribution in [0.2, 0.25) is 0 Å². The van der Waals surface area contributed by atoms with Crippen molar-refractivity contribution >= 4 is 23.1 Å². The number of ether oxygens (including phenoxy) is 1. The Morgan fingerprint density at radius 1 is 1.39 bits per heavy atom. The van der Waals surface area contributed by atoms with Gasteiger partial charge in [0.25, 0.3) is 5.91 Å². The maximum absolute atomic E-state index is 13.7. The summed E-state index contributed by atoms with van der Waals surface area (Å²) in [5.41, 5.74) is 0. The number of anilines is 1. The van der Waals surface area contributed by atoms with E-state index in [1.54, 1.807) is 28.9 Å². The van der Waals surface area contributed by atoms with Crippen LogP contribution >= 0.6 is 11.3 Å². The molecule has 8 heteroatoms. The van der Waals surface area contributed by atoms with Crippen molar-refractivity contribution in [2.75, 3.05) is 31.1 Å². The SMILES string of the molecule is O=C(c1sccc1F)N1C[C@@H]2OCCN(c3cnccn3)[C@H]2C1. The molecule has 0 radical (unpaired) electrons. The number of carbonyl (C=O) groups excluding carboxylic acids is 1. The van der Waals surface area contributed by atoms with Crippen LogP contribution in [0.5, 0.6) is 0 Å². The normalized spacial score (nSPS) is 23.9. The lowest BCUT2D eigenvalue weighted by atomic mass is 10.1. The van der Waals surface area contributed by atoms with Gasteiger partial charge in [0.05, 0.1) is 24.9 Å². The molecule has 2 fully saturated rings. The van der Waals surface area contributed by atoms with Gasteiger partial charge in [0.1, 0.15) is 16.5 Å². The smallest absolute Gasteiger partial charge is 0.267 e. The van der Waals surface area contributed by atoms with Crippen LogP contribution in [0.25, 0.3) is 0 Å². The fourth-order valence-electron chi connectivity index (χ4n) is 3.17. The van der Waals surface area contributed by atoms with Crippen molar-refractivity contribution in [1.29, 1.82) is 0 Å². The molecule has 0 saturated carbocycles. The molecule has 2 aromatic rings. The third-order valence-electron chi connectivity index (χ3n) is 4.24. The number of hydrogen-bond donors (Lipinski definition) is 0. The zero-order valence-corrected chi connectivity index (χ0v) is 13.1. The van der Waals surface area contributed by atoms with Crippen molar-refractivity contribution in [2.24, 2.45) is 0 Å². The third-order valence-corrected chi connectivity index (χ3v) is 5.12. The molecule has 4 heterocycles. The second-order valence-corrected chi connectivity index (χ2v) is 6.46. The fourth-order valence-corrected chi connectivity index (χ4v) is 3.90. The molecular formula is C15H15FN4O2S. The van der Waals surface area contributed by atoms with E-state index in [4.69, 9.17) is 4.74 Å². The number of hydrogen-bond acceptors (Lipinski definition) is 6. The Morgan fingerprint density at radius 2 is 2.30 bits per heavy atom. The van der Waals surface area contributed by atoms with Crippen molar-refractivity contribution < 1.29 is 13.9 Å². The third kappa shape index (κ3) is 2.57.